The summed E-state index contributed by atoms with van der Waals surface area (Å²) < 4.78 is 0. The maximum Gasteiger partial charge on any atom is 0.238 e. The van der Waals surface area contributed by atoms with E-state index in [1.54, 1.807) is 11.9 Å². The highest BCUT2D eigenvalue weighted by atomic mass is 79.9. The first-order valence-electron chi connectivity index (χ1n) is 4.30. The maximum atomic E-state index is 11.2. The van der Waals surface area contributed by atoms with Gasteiger partial charge in [-0.2, -0.15) is 0 Å². The number of benzene rings is 1. The van der Waals surface area contributed by atoms with E-state index < -0.39 is 0 Å². The fraction of sp³-hybridized carbons (Fsp3) is 0.200. The molecule has 0 radical (unpaired) electrons. The Labute approximate surface area is 103 Å². The summed E-state index contributed by atoms with van der Waals surface area (Å²) in [6, 6.07) is 9.65. The molecule has 1 saturated heterocycles. The van der Waals surface area contributed by atoms with Crippen LogP contribution in [0.25, 0.3) is 0 Å². The van der Waals surface area contributed by atoms with Crippen LogP contribution in [0.2, 0.25) is 0 Å². The van der Waals surface area contributed by atoms with Crippen LogP contribution >= 0.6 is 28.7 Å². The zero-order valence-electron chi connectivity index (χ0n) is 8.21. The molecule has 1 aromatic rings. The molecule has 0 N–H and O–H groups in total. The summed E-state index contributed by atoms with van der Waals surface area (Å²) in [5.41, 5.74) is 0.886. The first-order valence-corrected chi connectivity index (χ1v) is 5.29. The molecule has 1 fully saturated rings. The van der Waals surface area contributed by atoms with Crippen molar-refractivity contribution in [2.75, 3.05) is 12.8 Å². The minimum absolute atomic E-state index is 0. The summed E-state index contributed by atoms with van der Waals surface area (Å²) in [4.78, 5) is 17.2. The van der Waals surface area contributed by atoms with E-state index in [0.717, 1.165) is 10.9 Å². The highest BCUT2D eigenvalue weighted by Gasteiger charge is 2.23. The van der Waals surface area contributed by atoms with Gasteiger partial charge in [-0.1, -0.05) is 30.0 Å². The van der Waals surface area contributed by atoms with E-state index in [9.17, 15) is 4.79 Å². The minimum atomic E-state index is 0. The quantitative estimate of drug-likeness (QED) is 0.795. The molecule has 0 unspecified atom stereocenters. The smallest absolute Gasteiger partial charge is 0.238 e. The van der Waals surface area contributed by atoms with Crippen LogP contribution in [-0.4, -0.2) is 28.8 Å². The van der Waals surface area contributed by atoms with Crippen LogP contribution in [0.15, 0.2) is 35.3 Å². The van der Waals surface area contributed by atoms with Crippen LogP contribution in [0, 0.1) is 0 Å². The van der Waals surface area contributed by atoms with Crippen molar-refractivity contribution in [1.29, 1.82) is 0 Å². The molecular weight excluding hydrogens is 276 g/mol. The second-order valence-electron chi connectivity index (χ2n) is 2.97. The van der Waals surface area contributed by atoms with E-state index in [2.05, 4.69) is 4.99 Å². The monoisotopic (exact) mass is 286 g/mol. The van der Waals surface area contributed by atoms with Gasteiger partial charge >= 0.3 is 0 Å². The van der Waals surface area contributed by atoms with E-state index in [-0.39, 0.29) is 22.9 Å². The van der Waals surface area contributed by atoms with Gasteiger partial charge in [-0.25, -0.2) is 4.99 Å². The number of carbonyl (C=O) groups excluding carboxylic acids is 1. The van der Waals surface area contributed by atoms with Crippen molar-refractivity contribution in [3.63, 3.8) is 0 Å². The fourth-order valence-electron chi connectivity index (χ4n) is 1.15. The van der Waals surface area contributed by atoms with Crippen molar-refractivity contribution in [2.24, 2.45) is 4.99 Å². The number of nitrogens with zero attached hydrogens (tertiary/aromatic N) is 2. The number of halogens is 1. The summed E-state index contributed by atoms with van der Waals surface area (Å²) in [6.45, 7) is 0. The number of hydrogen-bond donors (Lipinski definition) is 0. The van der Waals surface area contributed by atoms with Crippen LogP contribution < -0.4 is 0 Å². The Morgan fingerprint density at radius 1 is 1.33 bits per heavy atom. The molecule has 0 aromatic heterocycles. The van der Waals surface area contributed by atoms with Gasteiger partial charge in [-0.3, -0.25) is 9.69 Å². The van der Waals surface area contributed by atoms with Crippen LogP contribution in [0.5, 0.6) is 0 Å². The number of amidine groups is 1. The van der Waals surface area contributed by atoms with E-state index in [1.165, 1.54) is 11.8 Å². The summed E-state index contributed by atoms with van der Waals surface area (Å²) in [7, 11) is 1.75. The van der Waals surface area contributed by atoms with E-state index in [0.29, 0.717) is 5.75 Å². The molecule has 1 aliphatic rings. The van der Waals surface area contributed by atoms with Crippen LogP contribution in [-0.2, 0) is 4.79 Å². The highest BCUT2D eigenvalue weighted by molar-refractivity contribution is 8.93. The Kier molecular flexibility index (Phi) is 4.35. The Hall–Kier alpha value is -0.810. The zero-order chi connectivity index (χ0) is 9.97. The lowest BCUT2D eigenvalue weighted by molar-refractivity contribution is -0.123. The second kappa shape index (κ2) is 5.32. The van der Waals surface area contributed by atoms with Crippen molar-refractivity contribution >= 4 is 45.5 Å². The van der Waals surface area contributed by atoms with Gasteiger partial charge < -0.3 is 0 Å². The molecule has 1 heterocycles. The lowest BCUT2D eigenvalue weighted by Crippen LogP contribution is -2.24. The number of rotatable bonds is 1. The van der Waals surface area contributed by atoms with E-state index >= 15 is 0 Å². The van der Waals surface area contributed by atoms with Gasteiger partial charge in [-0.05, 0) is 12.1 Å². The average Bonchev–Trinajstić information content (AvgIpc) is 2.52. The lowest BCUT2D eigenvalue weighted by atomic mass is 10.3. The Morgan fingerprint density at radius 3 is 2.53 bits per heavy atom. The molecule has 1 aromatic carbocycles. The van der Waals surface area contributed by atoms with Crippen molar-refractivity contribution in [2.45, 2.75) is 0 Å². The van der Waals surface area contributed by atoms with Crippen LogP contribution in [0.1, 0.15) is 0 Å². The van der Waals surface area contributed by atoms with E-state index in [1.807, 2.05) is 30.3 Å². The zero-order valence-corrected chi connectivity index (χ0v) is 10.7. The molecule has 2 rings (SSSR count). The van der Waals surface area contributed by atoms with Gasteiger partial charge in [0.05, 0.1) is 11.4 Å². The fourth-order valence-corrected chi connectivity index (χ4v) is 2.06. The molecule has 0 atom stereocenters. The number of amides is 1. The number of para-hydroxylation sites is 1. The molecule has 1 amide bonds. The van der Waals surface area contributed by atoms with Gasteiger partial charge in [0, 0.05) is 7.05 Å². The standard InChI is InChI=1S/C10H10N2OS.BrH/c1-12-9(13)7-14-10(12)11-8-5-3-2-4-6-8;/h2-6H,7H2,1H3;1H/b11-10+;. The second-order valence-corrected chi connectivity index (χ2v) is 3.91. The molecule has 0 aliphatic carbocycles. The maximum absolute atomic E-state index is 11.2. The molecule has 0 saturated carbocycles. The molecular formula is C10H11BrN2OS. The Balaban J connectivity index is 0.00000112. The third kappa shape index (κ3) is 2.82. The molecule has 0 spiro atoms. The topological polar surface area (TPSA) is 32.7 Å². The SMILES string of the molecule is Br.CN1C(=O)CS/C1=N/c1ccccc1. The summed E-state index contributed by atoms with van der Waals surface area (Å²) in [5.74, 6) is 0.618. The molecule has 1 aliphatic heterocycles. The Morgan fingerprint density at radius 2 is 2.00 bits per heavy atom. The van der Waals surface area contributed by atoms with Gasteiger partial charge in [0.15, 0.2) is 5.17 Å². The van der Waals surface area contributed by atoms with Crippen molar-refractivity contribution in [3.8, 4) is 0 Å². The largest absolute Gasteiger partial charge is 0.294 e. The van der Waals surface area contributed by atoms with Gasteiger partial charge in [0.25, 0.3) is 0 Å². The van der Waals surface area contributed by atoms with Gasteiger partial charge in [0.1, 0.15) is 0 Å². The van der Waals surface area contributed by atoms with Crippen molar-refractivity contribution in [3.05, 3.63) is 30.3 Å². The van der Waals surface area contributed by atoms with Crippen LogP contribution in [0.4, 0.5) is 5.69 Å². The molecule has 80 valence electrons. The molecule has 3 nitrogen and oxygen atoms in total. The van der Waals surface area contributed by atoms with Crippen molar-refractivity contribution in [1.82, 2.24) is 4.90 Å². The lowest BCUT2D eigenvalue weighted by Gasteiger charge is -2.07. The van der Waals surface area contributed by atoms with E-state index in [4.69, 9.17) is 0 Å². The average molecular weight is 287 g/mol. The normalized spacial score (nSPS) is 18.1. The van der Waals surface area contributed by atoms with Crippen LogP contribution in [0.3, 0.4) is 0 Å². The first-order chi connectivity index (χ1) is 6.77. The number of carbonyl (C=O) groups is 1. The predicted octanol–water partition coefficient (Wildman–Crippen LogP) is 2.46. The Bertz CT molecular complexity index is 380. The predicted molar refractivity (Wildman–Crippen MR) is 69.1 cm³/mol. The molecule has 15 heavy (non-hydrogen) atoms. The summed E-state index contributed by atoms with van der Waals surface area (Å²) in [5, 5.41) is 0.779. The van der Waals surface area contributed by atoms with Gasteiger partial charge in [0.2, 0.25) is 5.91 Å². The number of aliphatic imine (C=N–C) groups is 1. The summed E-state index contributed by atoms with van der Waals surface area (Å²) in [6.07, 6.45) is 0. The minimum Gasteiger partial charge on any atom is -0.294 e. The third-order valence-corrected chi connectivity index (χ3v) is 2.98. The van der Waals surface area contributed by atoms with Gasteiger partial charge in [-0.15, -0.1) is 17.0 Å². The first kappa shape index (κ1) is 12.3. The third-order valence-electron chi connectivity index (χ3n) is 1.97. The molecule has 5 heteroatoms. The molecule has 0 bridgehead atoms. The van der Waals surface area contributed by atoms with Crippen molar-refractivity contribution < 1.29 is 4.79 Å². The number of hydrogen-bond acceptors (Lipinski definition) is 3. The highest BCUT2D eigenvalue weighted by Crippen LogP contribution is 2.21. The number of thioether (sulfide) groups is 1. The summed E-state index contributed by atoms with van der Waals surface area (Å²) >= 11 is 1.48.